The van der Waals surface area contributed by atoms with Gasteiger partial charge in [0.1, 0.15) is 11.2 Å². The maximum absolute atomic E-state index is 6.56. The number of nitrogens with zero attached hydrogens (tertiary/aromatic N) is 1. The third kappa shape index (κ3) is 1.89. The molecule has 3 heterocycles. The molecule has 1 aliphatic rings. The molecule has 0 N–H and O–H groups in total. The van der Waals surface area contributed by atoms with Gasteiger partial charge in [-0.25, -0.2) is 0 Å². The Kier molecular flexibility index (Phi) is 2.93. The van der Waals surface area contributed by atoms with Gasteiger partial charge in [0.25, 0.3) is 0 Å². The number of hydrogen-bond acceptors (Lipinski definition) is 1. The van der Waals surface area contributed by atoms with Crippen LogP contribution in [0.4, 0.5) is 0 Å². The van der Waals surface area contributed by atoms with E-state index in [0.29, 0.717) is 0 Å². The summed E-state index contributed by atoms with van der Waals surface area (Å²) < 4.78 is 9.03. The molecule has 0 aliphatic heterocycles. The second kappa shape index (κ2) is 5.67. The molecule has 164 valence electrons. The van der Waals surface area contributed by atoms with Crippen LogP contribution in [-0.2, 0) is 5.41 Å². The van der Waals surface area contributed by atoms with Crippen molar-refractivity contribution in [1.29, 1.82) is 0 Å². The van der Waals surface area contributed by atoms with E-state index in [4.69, 9.17) is 4.42 Å². The Labute approximate surface area is 201 Å². The molecular weight excluding hydrogens is 426 g/mol. The summed E-state index contributed by atoms with van der Waals surface area (Å²) in [6, 6.07) is 33.2. The van der Waals surface area contributed by atoms with Gasteiger partial charge in [-0.05, 0) is 52.6 Å². The van der Waals surface area contributed by atoms with Gasteiger partial charge in [-0.15, -0.1) is 0 Å². The predicted molar refractivity (Wildman–Crippen MR) is 146 cm³/mol. The van der Waals surface area contributed by atoms with Crippen molar-refractivity contribution in [3.8, 4) is 11.1 Å². The zero-order valence-corrected chi connectivity index (χ0v) is 19.5. The minimum absolute atomic E-state index is 0.0651. The molecule has 2 nitrogen and oxygen atoms in total. The molecule has 8 aromatic rings. The first kappa shape index (κ1) is 18.1. The summed E-state index contributed by atoms with van der Waals surface area (Å²) in [5.41, 5.74) is 11.2. The van der Waals surface area contributed by atoms with Crippen LogP contribution in [0, 0.1) is 0 Å². The molecule has 9 rings (SSSR count). The Hall–Kier alpha value is -4.30. The zero-order valence-electron chi connectivity index (χ0n) is 19.5. The van der Waals surface area contributed by atoms with Crippen LogP contribution in [0.3, 0.4) is 0 Å². The van der Waals surface area contributed by atoms with Crippen LogP contribution in [0.15, 0.2) is 95.4 Å². The normalized spacial score (nSPS) is 14.8. The lowest BCUT2D eigenvalue weighted by Crippen LogP contribution is -2.14. The van der Waals surface area contributed by atoms with Crippen LogP contribution >= 0.6 is 0 Å². The molecule has 5 aromatic carbocycles. The molecule has 2 heteroatoms. The van der Waals surface area contributed by atoms with E-state index in [0.717, 1.165) is 11.2 Å². The monoisotopic (exact) mass is 447 g/mol. The van der Waals surface area contributed by atoms with Crippen LogP contribution in [0.5, 0.6) is 0 Å². The summed E-state index contributed by atoms with van der Waals surface area (Å²) in [7, 11) is 0. The number of fused-ring (bicyclic) bond motifs is 14. The van der Waals surface area contributed by atoms with E-state index in [9.17, 15) is 0 Å². The zero-order chi connectivity index (χ0) is 23.1. The van der Waals surface area contributed by atoms with Crippen molar-refractivity contribution >= 4 is 60.0 Å². The number of aromatic nitrogens is 1. The van der Waals surface area contributed by atoms with E-state index in [1.165, 1.54) is 71.1 Å². The first-order valence-corrected chi connectivity index (χ1v) is 12.3. The van der Waals surface area contributed by atoms with Crippen LogP contribution < -0.4 is 0 Å². The SMILES string of the molecule is CC1(C)c2ccccc2-c2c1cc1c3c4oc5ccccc5c4ccc3n3c4ccccc4c2c13. The van der Waals surface area contributed by atoms with Crippen molar-refractivity contribution in [2.75, 3.05) is 0 Å². The van der Waals surface area contributed by atoms with Gasteiger partial charge in [0, 0.05) is 32.3 Å². The summed E-state index contributed by atoms with van der Waals surface area (Å²) in [6.07, 6.45) is 0. The fourth-order valence-corrected chi connectivity index (χ4v) is 7.00. The lowest BCUT2D eigenvalue weighted by Gasteiger charge is -2.21. The largest absolute Gasteiger partial charge is 0.455 e. The summed E-state index contributed by atoms with van der Waals surface area (Å²) in [5, 5.41) is 7.56. The molecule has 0 bridgehead atoms. The van der Waals surface area contributed by atoms with Crippen molar-refractivity contribution < 1.29 is 4.42 Å². The Bertz CT molecular complexity index is 2190. The molecule has 35 heavy (non-hydrogen) atoms. The average molecular weight is 448 g/mol. The highest BCUT2D eigenvalue weighted by atomic mass is 16.3. The molecule has 0 fully saturated rings. The van der Waals surface area contributed by atoms with Gasteiger partial charge in [0.05, 0.1) is 21.9 Å². The summed E-state index contributed by atoms with van der Waals surface area (Å²) in [6.45, 7) is 4.74. The first-order chi connectivity index (χ1) is 17.1. The quantitative estimate of drug-likeness (QED) is 0.227. The molecule has 0 saturated carbocycles. The van der Waals surface area contributed by atoms with Gasteiger partial charge in [-0.2, -0.15) is 0 Å². The van der Waals surface area contributed by atoms with Gasteiger partial charge < -0.3 is 8.82 Å². The van der Waals surface area contributed by atoms with Gasteiger partial charge in [-0.3, -0.25) is 0 Å². The molecule has 0 amide bonds. The first-order valence-electron chi connectivity index (χ1n) is 12.3. The number of furan rings is 1. The topological polar surface area (TPSA) is 17.6 Å². The average Bonchev–Trinajstić information content (AvgIpc) is 3.58. The van der Waals surface area contributed by atoms with E-state index in [-0.39, 0.29) is 5.41 Å². The minimum Gasteiger partial charge on any atom is -0.455 e. The van der Waals surface area contributed by atoms with Crippen LogP contribution in [0.1, 0.15) is 25.0 Å². The Balaban J connectivity index is 1.63. The lowest BCUT2D eigenvalue weighted by atomic mass is 9.81. The minimum atomic E-state index is -0.0651. The van der Waals surface area contributed by atoms with Crippen LogP contribution in [-0.4, -0.2) is 4.40 Å². The molecular formula is C33H21NO. The second-order valence-corrected chi connectivity index (χ2v) is 10.5. The van der Waals surface area contributed by atoms with Crippen molar-refractivity contribution in [2.24, 2.45) is 0 Å². The smallest absolute Gasteiger partial charge is 0.145 e. The van der Waals surface area contributed by atoms with E-state index in [2.05, 4.69) is 109 Å². The fraction of sp³-hybridized carbons (Fsp3) is 0.0909. The van der Waals surface area contributed by atoms with Gasteiger partial charge in [-0.1, -0.05) is 74.5 Å². The van der Waals surface area contributed by atoms with Crippen molar-refractivity contribution in [3.63, 3.8) is 0 Å². The van der Waals surface area contributed by atoms with E-state index < -0.39 is 0 Å². The third-order valence-electron chi connectivity index (χ3n) is 8.52. The van der Waals surface area contributed by atoms with Gasteiger partial charge >= 0.3 is 0 Å². The van der Waals surface area contributed by atoms with Gasteiger partial charge in [0.2, 0.25) is 0 Å². The lowest BCUT2D eigenvalue weighted by molar-refractivity contribution is 0.661. The number of rotatable bonds is 0. The highest BCUT2D eigenvalue weighted by molar-refractivity contribution is 6.32. The highest BCUT2D eigenvalue weighted by Crippen LogP contribution is 2.55. The van der Waals surface area contributed by atoms with E-state index in [1.54, 1.807) is 0 Å². The standard InChI is InChI=1S/C33H21NO/c1-33(2)23-12-6-3-10-20(23)28-24(33)17-22-29-26(34-25-13-7-4-11-21(25)30(28)31(22)34)16-15-19-18-9-5-8-14-27(18)35-32(19)29/h3-17H,1-2H3. The Morgan fingerprint density at radius 3 is 2.31 bits per heavy atom. The van der Waals surface area contributed by atoms with Crippen molar-refractivity contribution in [3.05, 3.63) is 102 Å². The number of para-hydroxylation sites is 2. The Morgan fingerprint density at radius 2 is 1.40 bits per heavy atom. The summed E-state index contributed by atoms with van der Waals surface area (Å²) in [4.78, 5) is 0. The molecule has 3 aromatic heterocycles. The summed E-state index contributed by atoms with van der Waals surface area (Å²) in [5.74, 6) is 0. The van der Waals surface area contributed by atoms with Crippen molar-refractivity contribution in [2.45, 2.75) is 19.3 Å². The van der Waals surface area contributed by atoms with Crippen LogP contribution in [0.2, 0.25) is 0 Å². The summed E-state index contributed by atoms with van der Waals surface area (Å²) >= 11 is 0. The molecule has 0 unspecified atom stereocenters. The van der Waals surface area contributed by atoms with Crippen LogP contribution in [0.25, 0.3) is 71.2 Å². The molecule has 0 saturated heterocycles. The predicted octanol–water partition coefficient (Wildman–Crippen LogP) is 9.04. The van der Waals surface area contributed by atoms with Gasteiger partial charge in [0.15, 0.2) is 0 Å². The molecule has 1 aliphatic carbocycles. The van der Waals surface area contributed by atoms with E-state index >= 15 is 0 Å². The van der Waals surface area contributed by atoms with Crippen molar-refractivity contribution in [1.82, 2.24) is 4.40 Å². The fourth-order valence-electron chi connectivity index (χ4n) is 7.00. The number of hydrogen-bond donors (Lipinski definition) is 0. The second-order valence-electron chi connectivity index (χ2n) is 10.5. The number of benzene rings is 5. The Morgan fingerprint density at radius 1 is 0.629 bits per heavy atom. The molecule has 0 atom stereocenters. The maximum Gasteiger partial charge on any atom is 0.145 e. The van der Waals surface area contributed by atoms with E-state index in [1.807, 2.05) is 0 Å². The third-order valence-corrected chi connectivity index (χ3v) is 8.52. The highest BCUT2D eigenvalue weighted by Gasteiger charge is 2.38. The molecule has 0 radical (unpaired) electrons. The molecule has 0 spiro atoms. The maximum atomic E-state index is 6.56.